The number of benzene rings is 1. The lowest BCUT2D eigenvalue weighted by molar-refractivity contribution is 0.500. The molecule has 2 atom stereocenters. The Hall–Kier alpha value is -0.830. The molecule has 3 heteroatoms. The number of hydrogen-bond donors (Lipinski definition) is 1. The molecule has 0 bridgehead atoms. The van der Waals surface area contributed by atoms with Gasteiger partial charge in [-0.2, -0.15) is 0 Å². The average molecular weight is 294 g/mol. The molecule has 2 rings (SSSR count). The molecule has 1 heterocycles. The van der Waals surface area contributed by atoms with E-state index in [2.05, 4.69) is 50.4 Å². The van der Waals surface area contributed by atoms with Gasteiger partial charge in [-0.15, -0.1) is 11.3 Å². The Labute approximate surface area is 124 Å². The first-order valence-electron chi connectivity index (χ1n) is 6.70. The van der Waals surface area contributed by atoms with E-state index in [0.717, 1.165) is 11.4 Å². The van der Waals surface area contributed by atoms with Crippen LogP contribution in [0.15, 0.2) is 36.4 Å². The number of nitrogens with one attached hydrogen (secondary N) is 1. The van der Waals surface area contributed by atoms with Crippen LogP contribution in [0.1, 0.15) is 48.2 Å². The van der Waals surface area contributed by atoms with Gasteiger partial charge in [0.1, 0.15) is 0 Å². The molecular formula is C16H20ClNS. The molecule has 0 saturated carbocycles. The van der Waals surface area contributed by atoms with Crippen LogP contribution in [0.3, 0.4) is 0 Å². The minimum Gasteiger partial charge on any atom is -0.303 e. The van der Waals surface area contributed by atoms with Crippen LogP contribution in [0.4, 0.5) is 0 Å². The average Bonchev–Trinajstić information content (AvgIpc) is 2.88. The second-order valence-electron chi connectivity index (χ2n) is 4.82. The van der Waals surface area contributed by atoms with Gasteiger partial charge in [0, 0.05) is 26.9 Å². The molecule has 0 aliphatic heterocycles. The molecule has 1 unspecified atom stereocenters. The van der Waals surface area contributed by atoms with Gasteiger partial charge in [0.05, 0.1) is 0 Å². The summed E-state index contributed by atoms with van der Waals surface area (Å²) in [4.78, 5) is 2.85. The van der Waals surface area contributed by atoms with Gasteiger partial charge >= 0.3 is 0 Å². The maximum Gasteiger partial charge on any atom is 0.0406 e. The van der Waals surface area contributed by atoms with Crippen molar-refractivity contribution in [1.82, 2.24) is 5.32 Å². The fraction of sp³-hybridized carbons (Fsp3) is 0.375. The first-order chi connectivity index (χ1) is 9.10. The van der Waals surface area contributed by atoms with E-state index in [-0.39, 0.29) is 0 Å². The Balaban J connectivity index is 2.01. The predicted octanol–water partition coefficient (Wildman–Crippen LogP) is 5.38. The van der Waals surface area contributed by atoms with E-state index in [0.29, 0.717) is 12.1 Å². The van der Waals surface area contributed by atoms with Gasteiger partial charge in [0.25, 0.3) is 0 Å². The van der Waals surface area contributed by atoms with E-state index in [1.54, 1.807) is 0 Å². The van der Waals surface area contributed by atoms with E-state index in [1.807, 2.05) is 23.5 Å². The summed E-state index contributed by atoms with van der Waals surface area (Å²) < 4.78 is 0. The van der Waals surface area contributed by atoms with E-state index in [4.69, 9.17) is 11.6 Å². The van der Waals surface area contributed by atoms with Crippen LogP contribution >= 0.6 is 22.9 Å². The Morgan fingerprint density at radius 1 is 1.05 bits per heavy atom. The highest BCUT2D eigenvalue weighted by molar-refractivity contribution is 7.12. The largest absolute Gasteiger partial charge is 0.303 e. The molecule has 102 valence electrons. The zero-order chi connectivity index (χ0) is 13.8. The highest BCUT2D eigenvalue weighted by Crippen LogP contribution is 2.26. The van der Waals surface area contributed by atoms with Crippen LogP contribution in [0.2, 0.25) is 5.02 Å². The molecule has 0 aliphatic rings. The van der Waals surface area contributed by atoms with Crippen molar-refractivity contribution in [2.75, 3.05) is 0 Å². The molecule has 0 radical (unpaired) electrons. The Kier molecular flexibility index (Phi) is 5.03. The third-order valence-corrected chi connectivity index (χ3v) is 4.99. The molecule has 1 N–H and O–H groups in total. The third kappa shape index (κ3) is 3.82. The minimum absolute atomic E-state index is 0.319. The molecule has 2 aromatic rings. The van der Waals surface area contributed by atoms with Crippen LogP contribution in [-0.4, -0.2) is 0 Å². The molecule has 1 aromatic heterocycles. The quantitative estimate of drug-likeness (QED) is 0.781. The zero-order valence-corrected chi connectivity index (χ0v) is 13.2. The molecule has 0 amide bonds. The summed E-state index contributed by atoms with van der Waals surface area (Å²) in [6, 6.07) is 13.2. The van der Waals surface area contributed by atoms with E-state index < -0.39 is 0 Å². The summed E-state index contributed by atoms with van der Waals surface area (Å²) in [5.74, 6) is 0. The number of aryl methyl sites for hydroxylation is 1. The van der Waals surface area contributed by atoms with Gasteiger partial charge in [-0.1, -0.05) is 30.7 Å². The Bertz CT molecular complexity index is 518. The molecule has 0 aliphatic carbocycles. The SMILES string of the molecule is CCc1ccc(C(C)N[C@H](C)c2ccc(Cl)cc2)s1. The van der Waals surface area contributed by atoms with E-state index in [1.165, 1.54) is 15.3 Å². The third-order valence-electron chi connectivity index (χ3n) is 3.33. The summed E-state index contributed by atoms with van der Waals surface area (Å²) in [7, 11) is 0. The number of thiophene rings is 1. The zero-order valence-electron chi connectivity index (χ0n) is 11.6. The molecule has 0 spiro atoms. The highest BCUT2D eigenvalue weighted by atomic mass is 35.5. The first kappa shape index (κ1) is 14.6. The maximum absolute atomic E-state index is 5.92. The van der Waals surface area contributed by atoms with Gasteiger partial charge < -0.3 is 5.32 Å². The molecular weight excluding hydrogens is 274 g/mol. The van der Waals surface area contributed by atoms with Crippen LogP contribution in [0.25, 0.3) is 0 Å². The van der Waals surface area contributed by atoms with E-state index >= 15 is 0 Å². The molecule has 19 heavy (non-hydrogen) atoms. The van der Waals surface area contributed by atoms with E-state index in [9.17, 15) is 0 Å². The van der Waals surface area contributed by atoms with Gasteiger partial charge in [0.15, 0.2) is 0 Å². The smallest absolute Gasteiger partial charge is 0.0406 e. The first-order valence-corrected chi connectivity index (χ1v) is 7.89. The van der Waals surface area contributed by atoms with Crippen LogP contribution in [0.5, 0.6) is 0 Å². The van der Waals surface area contributed by atoms with Crippen molar-refractivity contribution in [1.29, 1.82) is 0 Å². The Morgan fingerprint density at radius 2 is 1.74 bits per heavy atom. The van der Waals surface area contributed by atoms with Crippen molar-refractivity contribution >= 4 is 22.9 Å². The summed E-state index contributed by atoms with van der Waals surface area (Å²) in [6.07, 6.45) is 1.12. The van der Waals surface area contributed by atoms with Gasteiger partial charge in [-0.05, 0) is 50.1 Å². The summed E-state index contributed by atoms with van der Waals surface area (Å²) in [6.45, 7) is 6.61. The lowest BCUT2D eigenvalue weighted by atomic mass is 10.1. The van der Waals surface area contributed by atoms with Crippen molar-refractivity contribution in [2.24, 2.45) is 0 Å². The second-order valence-corrected chi connectivity index (χ2v) is 6.46. The number of halogens is 1. The molecule has 0 fully saturated rings. The lowest BCUT2D eigenvalue weighted by Crippen LogP contribution is -2.21. The van der Waals surface area contributed by atoms with Crippen LogP contribution < -0.4 is 5.32 Å². The monoisotopic (exact) mass is 293 g/mol. The lowest BCUT2D eigenvalue weighted by Gasteiger charge is -2.19. The molecule has 0 saturated heterocycles. The van der Waals surface area contributed by atoms with Crippen molar-refractivity contribution in [3.63, 3.8) is 0 Å². The second kappa shape index (κ2) is 6.56. The number of rotatable bonds is 5. The van der Waals surface area contributed by atoms with Gasteiger partial charge in [-0.3, -0.25) is 0 Å². The maximum atomic E-state index is 5.92. The normalized spacial score (nSPS) is 14.3. The minimum atomic E-state index is 0.319. The fourth-order valence-electron chi connectivity index (χ4n) is 2.12. The van der Waals surface area contributed by atoms with Crippen molar-refractivity contribution in [3.05, 3.63) is 56.7 Å². The topological polar surface area (TPSA) is 12.0 Å². The fourth-order valence-corrected chi connectivity index (χ4v) is 3.21. The van der Waals surface area contributed by atoms with Crippen LogP contribution in [-0.2, 0) is 6.42 Å². The Morgan fingerprint density at radius 3 is 2.32 bits per heavy atom. The van der Waals surface area contributed by atoms with Gasteiger partial charge in [-0.25, -0.2) is 0 Å². The van der Waals surface area contributed by atoms with Crippen molar-refractivity contribution in [3.8, 4) is 0 Å². The summed E-state index contributed by atoms with van der Waals surface area (Å²) in [5, 5.41) is 4.42. The number of hydrogen-bond acceptors (Lipinski definition) is 2. The molecule has 1 aromatic carbocycles. The predicted molar refractivity (Wildman–Crippen MR) is 85.1 cm³/mol. The van der Waals surface area contributed by atoms with Crippen molar-refractivity contribution in [2.45, 2.75) is 39.3 Å². The summed E-state index contributed by atoms with van der Waals surface area (Å²) >= 11 is 7.81. The highest BCUT2D eigenvalue weighted by Gasteiger charge is 2.12. The summed E-state index contributed by atoms with van der Waals surface area (Å²) in [5.41, 5.74) is 1.27. The van der Waals surface area contributed by atoms with Gasteiger partial charge in [0.2, 0.25) is 0 Å². The van der Waals surface area contributed by atoms with Crippen LogP contribution in [0, 0.1) is 0 Å². The van der Waals surface area contributed by atoms with Crippen molar-refractivity contribution < 1.29 is 0 Å². The standard InChI is InChI=1S/C16H20ClNS/c1-4-15-9-10-16(19-15)12(3)18-11(2)13-5-7-14(17)8-6-13/h5-12,18H,4H2,1-3H3/t11-,12?/m1/s1. The molecule has 1 nitrogen and oxygen atoms in total.